The first-order valence-electron chi connectivity index (χ1n) is 8.70. The summed E-state index contributed by atoms with van der Waals surface area (Å²) < 4.78 is 11.0. The molecule has 0 aliphatic heterocycles. The Morgan fingerprint density at radius 2 is 1.48 bits per heavy atom. The van der Waals surface area contributed by atoms with E-state index in [0.717, 1.165) is 11.1 Å². The van der Waals surface area contributed by atoms with Crippen LogP contribution in [0.2, 0.25) is 10.0 Å². The molecule has 4 aromatic rings. The van der Waals surface area contributed by atoms with E-state index >= 15 is 0 Å². The topological polar surface area (TPSA) is 65.2 Å². The van der Waals surface area contributed by atoms with Gasteiger partial charge in [0.15, 0.2) is 0 Å². The average molecular weight is 425 g/mol. The summed E-state index contributed by atoms with van der Waals surface area (Å²) in [5.41, 5.74) is 2.72. The number of nitrogens with zero attached hydrogens (tertiary/aromatic N) is 2. The molecule has 5 nitrogen and oxygen atoms in total. The minimum absolute atomic E-state index is 0.0988. The zero-order chi connectivity index (χ0) is 20.2. The van der Waals surface area contributed by atoms with Crippen LogP contribution in [0.4, 0.5) is 0 Å². The third kappa shape index (κ3) is 4.47. The lowest BCUT2D eigenvalue weighted by molar-refractivity contribution is 0.0472. The molecule has 0 saturated heterocycles. The van der Waals surface area contributed by atoms with Crippen LogP contribution in [0.1, 0.15) is 15.9 Å². The molecule has 7 heteroatoms. The number of ether oxygens (including phenoxy) is 1. The van der Waals surface area contributed by atoms with E-state index in [1.165, 1.54) is 0 Å². The van der Waals surface area contributed by atoms with E-state index < -0.39 is 5.97 Å². The summed E-state index contributed by atoms with van der Waals surface area (Å²) in [6.45, 7) is 0.0988. The molecular weight excluding hydrogens is 411 g/mol. The Kier molecular flexibility index (Phi) is 5.60. The fraction of sp³-hybridized carbons (Fsp3) is 0.0455. The molecule has 0 aliphatic carbocycles. The maximum atomic E-state index is 12.3. The van der Waals surface area contributed by atoms with Gasteiger partial charge in [-0.05, 0) is 54.1 Å². The van der Waals surface area contributed by atoms with Crippen LogP contribution >= 0.6 is 23.2 Å². The van der Waals surface area contributed by atoms with Gasteiger partial charge in [-0.2, -0.15) is 0 Å². The lowest BCUT2D eigenvalue weighted by Crippen LogP contribution is -2.05. The predicted molar refractivity (Wildman–Crippen MR) is 111 cm³/mol. The van der Waals surface area contributed by atoms with Gasteiger partial charge >= 0.3 is 5.97 Å². The molecule has 0 aliphatic rings. The Hall–Kier alpha value is -3.15. The number of carbonyl (C=O) groups is 1. The Labute approximate surface area is 176 Å². The number of esters is 1. The van der Waals surface area contributed by atoms with Crippen molar-refractivity contribution in [2.24, 2.45) is 0 Å². The van der Waals surface area contributed by atoms with Gasteiger partial charge in [-0.15, -0.1) is 10.2 Å². The first kappa shape index (κ1) is 19.2. The summed E-state index contributed by atoms with van der Waals surface area (Å²) in [6.07, 6.45) is 0. The van der Waals surface area contributed by atoms with Gasteiger partial charge < -0.3 is 9.15 Å². The van der Waals surface area contributed by atoms with Crippen molar-refractivity contribution in [1.29, 1.82) is 0 Å². The monoisotopic (exact) mass is 424 g/mol. The quantitative estimate of drug-likeness (QED) is 0.363. The van der Waals surface area contributed by atoms with E-state index in [2.05, 4.69) is 10.2 Å². The second kappa shape index (κ2) is 8.47. The lowest BCUT2D eigenvalue weighted by atomic mass is 10.1. The fourth-order valence-electron chi connectivity index (χ4n) is 2.65. The summed E-state index contributed by atoms with van der Waals surface area (Å²) in [5.74, 6) is 0.364. The number of rotatable bonds is 5. The molecule has 0 N–H and O–H groups in total. The van der Waals surface area contributed by atoms with Crippen LogP contribution in [-0.2, 0) is 11.3 Å². The standard InChI is InChI=1S/C22H14Cl2N2O3/c23-18-11-6-14(12-19(18)24)13-28-22(27)17-9-7-16(8-10-17)21-26-25-20(29-21)15-4-2-1-3-5-15/h1-12H,13H2. The first-order valence-corrected chi connectivity index (χ1v) is 9.46. The van der Waals surface area contributed by atoms with Gasteiger partial charge in [0.2, 0.25) is 11.8 Å². The van der Waals surface area contributed by atoms with Gasteiger partial charge in [0.25, 0.3) is 0 Å². The normalized spacial score (nSPS) is 10.7. The maximum Gasteiger partial charge on any atom is 0.338 e. The third-order valence-corrected chi connectivity index (χ3v) is 4.91. The number of aromatic nitrogens is 2. The molecule has 0 atom stereocenters. The molecule has 4 rings (SSSR count). The molecule has 1 heterocycles. The van der Waals surface area contributed by atoms with E-state index in [-0.39, 0.29) is 6.61 Å². The van der Waals surface area contributed by atoms with Crippen molar-refractivity contribution in [2.75, 3.05) is 0 Å². The molecule has 0 bridgehead atoms. The molecule has 0 radical (unpaired) electrons. The molecule has 3 aromatic carbocycles. The van der Waals surface area contributed by atoms with Crippen molar-refractivity contribution in [3.05, 3.63) is 94.0 Å². The summed E-state index contributed by atoms with van der Waals surface area (Å²) in [7, 11) is 0. The summed E-state index contributed by atoms with van der Waals surface area (Å²) in [6, 6.07) is 21.4. The largest absolute Gasteiger partial charge is 0.457 e. The number of hydrogen-bond acceptors (Lipinski definition) is 5. The zero-order valence-electron chi connectivity index (χ0n) is 15.0. The highest BCUT2D eigenvalue weighted by Crippen LogP contribution is 2.25. The second-order valence-corrected chi connectivity index (χ2v) is 6.99. The number of carbonyl (C=O) groups excluding carboxylic acids is 1. The molecule has 1 aromatic heterocycles. The highest BCUT2D eigenvalue weighted by molar-refractivity contribution is 6.42. The van der Waals surface area contributed by atoms with Gasteiger partial charge in [-0.3, -0.25) is 0 Å². The van der Waals surface area contributed by atoms with Crippen LogP contribution in [0.25, 0.3) is 22.9 Å². The van der Waals surface area contributed by atoms with Gasteiger partial charge in [-0.1, -0.05) is 47.5 Å². The minimum Gasteiger partial charge on any atom is -0.457 e. The van der Waals surface area contributed by atoms with Crippen LogP contribution in [0, 0.1) is 0 Å². The van der Waals surface area contributed by atoms with Crippen molar-refractivity contribution in [3.8, 4) is 22.9 Å². The van der Waals surface area contributed by atoms with E-state index in [0.29, 0.717) is 33.0 Å². The lowest BCUT2D eigenvalue weighted by Gasteiger charge is -2.06. The highest BCUT2D eigenvalue weighted by Gasteiger charge is 2.12. The van der Waals surface area contributed by atoms with Crippen LogP contribution < -0.4 is 0 Å². The molecule has 0 saturated carbocycles. The Bertz CT molecular complexity index is 1140. The minimum atomic E-state index is -0.446. The Balaban J connectivity index is 1.43. The smallest absolute Gasteiger partial charge is 0.338 e. The first-order chi connectivity index (χ1) is 14.1. The van der Waals surface area contributed by atoms with E-state index in [1.807, 2.05) is 30.3 Å². The average Bonchev–Trinajstić information content (AvgIpc) is 3.25. The second-order valence-electron chi connectivity index (χ2n) is 6.18. The maximum absolute atomic E-state index is 12.3. The number of benzene rings is 3. The van der Waals surface area contributed by atoms with Gasteiger partial charge in [0, 0.05) is 11.1 Å². The third-order valence-electron chi connectivity index (χ3n) is 4.17. The van der Waals surface area contributed by atoms with Crippen molar-refractivity contribution in [3.63, 3.8) is 0 Å². The van der Waals surface area contributed by atoms with E-state index in [9.17, 15) is 4.79 Å². The zero-order valence-corrected chi connectivity index (χ0v) is 16.5. The highest BCUT2D eigenvalue weighted by atomic mass is 35.5. The predicted octanol–water partition coefficient (Wildman–Crippen LogP) is 6.07. The van der Waals surface area contributed by atoms with Gasteiger partial charge in [-0.25, -0.2) is 4.79 Å². The summed E-state index contributed by atoms with van der Waals surface area (Å²) >= 11 is 11.9. The van der Waals surface area contributed by atoms with E-state index in [4.69, 9.17) is 32.4 Å². The molecule has 144 valence electrons. The van der Waals surface area contributed by atoms with Gasteiger partial charge in [0.1, 0.15) is 6.61 Å². The molecule has 0 spiro atoms. The number of hydrogen-bond donors (Lipinski definition) is 0. The van der Waals surface area contributed by atoms with Crippen LogP contribution in [-0.4, -0.2) is 16.2 Å². The van der Waals surface area contributed by atoms with Crippen molar-refractivity contribution in [2.45, 2.75) is 6.61 Å². The fourth-order valence-corrected chi connectivity index (χ4v) is 2.97. The molecule has 29 heavy (non-hydrogen) atoms. The number of halogens is 2. The van der Waals surface area contributed by atoms with Gasteiger partial charge in [0.05, 0.1) is 15.6 Å². The van der Waals surface area contributed by atoms with Crippen LogP contribution in [0.15, 0.2) is 77.2 Å². The van der Waals surface area contributed by atoms with Crippen LogP contribution in [0.5, 0.6) is 0 Å². The van der Waals surface area contributed by atoms with Crippen molar-refractivity contribution in [1.82, 2.24) is 10.2 Å². The molecule has 0 unspecified atom stereocenters. The Morgan fingerprint density at radius 3 is 2.14 bits per heavy atom. The SMILES string of the molecule is O=C(OCc1ccc(Cl)c(Cl)c1)c1ccc(-c2nnc(-c3ccccc3)o2)cc1. The van der Waals surface area contributed by atoms with E-state index in [1.54, 1.807) is 42.5 Å². The van der Waals surface area contributed by atoms with Crippen molar-refractivity contribution >= 4 is 29.2 Å². The summed E-state index contributed by atoms with van der Waals surface area (Å²) in [4.78, 5) is 12.3. The van der Waals surface area contributed by atoms with Crippen molar-refractivity contribution < 1.29 is 13.9 Å². The molecule has 0 amide bonds. The molecular formula is C22H14Cl2N2O3. The van der Waals surface area contributed by atoms with Crippen LogP contribution in [0.3, 0.4) is 0 Å². The Morgan fingerprint density at radius 1 is 0.828 bits per heavy atom. The molecule has 0 fully saturated rings. The summed E-state index contributed by atoms with van der Waals surface area (Å²) in [5, 5.41) is 9.01.